The van der Waals surface area contributed by atoms with Gasteiger partial charge in [0, 0.05) is 49.4 Å². The van der Waals surface area contributed by atoms with Crippen molar-refractivity contribution in [3.8, 4) is 0 Å². The lowest BCUT2D eigenvalue weighted by Gasteiger charge is -2.35. The molecule has 1 aromatic heterocycles. The van der Waals surface area contributed by atoms with Crippen molar-refractivity contribution in [3.63, 3.8) is 0 Å². The minimum absolute atomic E-state index is 0.0739. The maximum absolute atomic E-state index is 12.9. The van der Waals surface area contributed by atoms with Gasteiger partial charge in [0.1, 0.15) is 0 Å². The van der Waals surface area contributed by atoms with Gasteiger partial charge in [-0.1, -0.05) is 11.6 Å². The number of aromatic amines is 1. The van der Waals surface area contributed by atoms with E-state index < -0.39 is 4.92 Å². The van der Waals surface area contributed by atoms with E-state index in [0.717, 1.165) is 22.2 Å². The third-order valence-electron chi connectivity index (χ3n) is 4.91. The Labute approximate surface area is 155 Å². The fraction of sp³-hybridized carbons (Fsp3) is 0.263. The first-order valence-corrected chi connectivity index (χ1v) is 8.76. The summed E-state index contributed by atoms with van der Waals surface area (Å²) in [6.45, 7) is 4.49. The van der Waals surface area contributed by atoms with Crippen molar-refractivity contribution < 1.29 is 9.72 Å². The molecule has 1 N–H and O–H groups in total. The van der Waals surface area contributed by atoms with Crippen LogP contribution in [0.3, 0.4) is 0 Å². The number of hydrogen-bond donors (Lipinski definition) is 1. The van der Waals surface area contributed by atoms with Gasteiger partial charge in [0.2, 0.25) is 0 Å². The molecule has 8 nitrogen and oxygen atoms in total. The number of aryl methyl sites for hydroxylation is 1. The molecule has 0 atom stereocenters. The summed E-state index contributed by atoms with van der Waals surface area (Å²) < 4.78 is 0. The van der Waals surface area contributed by atoms with Gasteiger partial charge in [0.15, 0.2) is 5.69 Å². The van der Waals surface area contributed by atoms with E-state index in [1.807, 2.05) is 25.1 Å². The highest BCUT2D eigenvalue weighted by molar-refractivity contribution is 6.04. The van der Waals surface area contributed by atoms with Gasteiger partial charge in [0.25, 0.3) is 11.6 Å². The second-order valence-electron chi connectivity index (χ2n) is 6.67. The number of carbonyl (C=O) groups excluding carboxylic acids is 1. The predicted molar refractivity (Wildman–Crippen MR) is 102 cm³/mol. The summed E-state index contributed by atoms with van der Waals surface area (Å²) >= 11 is 0. The molecule has 3 aromatic rings. The van der Waals surface area contributed by atoms with Crippen LogP contribution in [0.4, 0.5) is 11.4 Å². The molecule has 0 spiro atoms. The summed E-state index contributed by atoms with van der Waals surface area (Å²) in [4.78, 5) is 27.2. The van der Waals surface area contributed by atoms with Gasteiger partial charge in [-0.2, -0.15) is 5.10 Å². The van der Waals surface area contributed by atoms with Gasteiger partial charge in [-0.05, 0) is 31.2 Å². The maximum Gasteiger partial charge on any atom is 0.275 e. The number of fused-ring (bicyclic) bond motifs is 1. The van der Waals surface area contributed by atoms with Crippen molar-refractivity contribution in [2.75, 3.05) is 31.1 Å². The normalized spacial score (nSPS) is 14.6. The largest absolute Gasteiger partial charge is 0.368 e. The second kappa shape index (κ2) is 6.71. The maximum atomic E-state index is 12.9. The predicted octanol–water partition coefficient (Wildman–Crippen LogP) is 2.74. The van der Waals surface area contributed by atoms with E-state index in [1.165, 1.54) is 12.1 Å². The van der Waals surface area contributed by atoms with E-state index in [9.17, 15) is 14.9 Å². The monoisotopic (exact) mass is 365 g/mol. The Morgan fingerprint density at radius 3 is 2.48 bits per heavy atom. The van der Waals surface area contributed by atoms with Crippen LogP contribution in [0.15, 0.2) is 42.5 Å². The smallest absolute Gasteiger partial charge is 0.275 e. The number of piperazine rings is 1. The van der Waals surface area contributed by atoms with Crippen molar-refractivity contribution in [1.29, 1.82) is 0 Å². The van der Waals surface area contributed by atoms with Crippen molar-refractivity contribution in [2.45, 2.75) is 6.92 Å². The van der Waals surface area contributed by atoms with Crippen LogP contribution in [0.2, 0.25) is 0 Å². The number of H-pyrrole nitrogens is 1. The van der Waals surface area contributed by atoms with Crippen molar-refractivity contribution in [1.82, 2.24) is 15.1 Å². The molecule has 1 amide bonds. The van der Waals surface area contributed by atoms with Crippen LogP contribution in [-0.2, 0) is 0 Å². The molecule has 138 valence electrons. The SMILES string of the molecule is Cc1ccc2[nH]nc(C(=O)N3CCN(c4ccc([N+](=O)[O-])cc4)CC3)c2c1. The zero-order chi connectivity index (χ0) is 19.0. The second-order valence-corrected chi connectivity index (χ2v) is 6.67. The molecular weight excluding hydrogens is 346 g/mol. The van der Waals surface area contributed by atoms with Crippen LogP contribution in [0.1, 0.15) is 16.1 Å². The average Bonchev–Trinajstić information content (AvgIpc) is 3.10. The van der Waals surface area contributed by atoms with E-state index in [4.69, 9.17) is 0 Å². The first-order chi connectivity index (χ1) is 13.0. The van der Waals surface area contributed by atoms with Crippen LogP contribution < -0.4 is 4.90 Å². The molecule has 1 aliphatic rings. The first kappa shape index (κ1) is 17.0. The Morgan fingerprint density at radius 1 is 1.11 bits per heavy atom. The summed E-state index contributed by atoms with van der Waals surface area (Å²) in [5.74, 6) is -0.0739. The number of benzene rings is 2. The molecule has 1 saturated heterocycles. The van der Waals surface area contributed by atoms with E-state index in [2.05, 4.69) is 15.1 Å². The van der Waals surface area contributed by atoms with Gasteiger partial charge in [-0.15, -0.1) is 0 Å². The topological polar surface area (TPSA) is 95.4 Å². The van der Waals surface area contributed by atoms with Crippen molar-refractivity contribution >= 4 is 28.2 Å². The minimum atomic E-state index is -0.406. The van der Waals surface area contributed by atoms with E-state index in [-0.39, 0.29) is 11.6 Å². The Kier molecular flexibility index (Phi) is 4.23. The summed E-state index contributed by atoms with van der Waals surface area (Å²) in [6, 6.07) is 12.4. The van der Waals surface area contributed by atoms with Crippen molar-refractivity contribution in [2.24, 2.45) is 0 Å². The molecule has 1 aliphatic heterocycles. The highest BCUT2D eigenvalue weighted by Gasteiger charge is 2.25. The summed E-state index contributed by atoms with van der Waals surface area (Å²) in [6.07, 6.45) is 0. The molecule has 8 heteroatoms. The number of nitro benzene ring substituents is 1. The zero-order valence-electron chi connectivity index (χ0n) is 14.9. The summed E-state index contributed by atoms with van der Waals surface area (Å²) in [5.41, 5.74) is 3.40. The standard InChI is InChI=1S/C19H19N5O3/c1-13-2-7-17-16(12-13)18(21-20-17)19(25)23-10-8-22(9-11-23)14-3-5-15(6-4-14)24(26)27/h2-7,12H,8-11H2,1H3,(H,20,21). The fourth-order valence-corrected chi connectivity index (χ4v) is 3.39. The van der Waals surface area contributed by atoms with Crippen LogP contribution >= 0.6 is 0 Å². The Balaban J connectivity index is 1.46. The number of hydrogen-bond acceptors (Lipinski definition) is 5. The number of non-ortho nitro benzene ring substituents is 1. The number of nitrogens with zero attached hydrogens (tertiary/aromatic N) is 4. The van der Waals surface area contributed by atoms with Gasteiger partial charge < -0.3 is 9.80 Å². The molecule has 0 saturated carbocycles. The number of carbonyl (C=O) groups is 1. The Bertz CT molecular complexity index is 1000. The third kappa shape index (κ3) is 3.21. The number of amides is 1. The molecule has 0 bridgehead atoms. The first-order valence-electron chi connectivity index (χ1n) is 8.76. The number of rotatable bonds is 3. The number of nitrogens with one attached hydrogen (secondary N) is 1. The molecule has 1 fully saturated rings. The van der Waals surface area contributed by atoms with Crippen LogP contribution in [0.5, 0.6) is 0 Å². The van der Waals surface area contributed by atoms with Crippen molar-refractivity contribution in [3.05, 3.63) is 63.8 Å². The van der Waals surface area contributed by atoms with Gasteiger partial charge >= 0.3 is 0 Å². The number of aromatic nitrogens is 2. The van der Waals surface area contributed by atoms with E-state index in [0.29, 0.717) is 31.9 Å². The molecule has 4 rings (SSSR count). The van der Waals surface area contributed by atoms with Crippen LogP contribution in [0, 0.1) is 17.0 Å². The molecule has 0 aliphatic carbocycles. The van der Waals surface area contributed by atoms with E-state index >= 15 is 0 Å². The number of nitro groups is 1. The molecule has 2 aromatic carbocycles. The quantitative estimate of drug-likeness (QED) is 0.569. The van der Waals surface area contributed by atoms with E-state index in [1.54, 1.807) is 17.0 Å². The Hall–Kier alpha value is -3.42. The van der Waals surface area contributed by atoms with Gasteiger partial charge in [-0.25, -0.2) is 0 Å². The lowest BCUT2D eigenvalue weighted by atomic mass is 10.1. The summed E-state index contributed by atoms with van der Waals surface area (Å²) in [5, 5.41) is 18.8. The minimum Gasteiger partial charge on any atom is -0.368 e. The highest BCUT2D eigenvalue weighted by Crippen LogP contribution is 2.23. The van der Waals surface area contributed by atoms with Crippen LogP contribution in [-0.4, -0.2) is 52.1 Å². The Morgan fingerprint density at radius 2 is 1.81 bits per heavy atom. The highest BCUT2D eigenvalue weighted by atomic mass is 16.6. The lowest BCUT2D eigenvalue weighted by Crippen LogP contribution is -2.48. The molecule has 0 radical (unpaired) electrons. The molecule has 0 unspecified atom stereocenters. The summed E-state index contributed by atoms with van der Waals surface area (Å²) in [7, 11) is 0. The molecular formula is C19H19N5O3. The fourth-order valence-electron chi connectivity index (χ4n) is 3.39. The lowest BCUT2D eigenvalue weighted by molar-refractivity contribution is -0.384. The van der Waals surface area contributed by atoms with Gasteiger partial charge in [-0.3, -0.25) is 20.0 Å². The number of anilines is 1. The van der Waals surface area contributed by atoms with Crippen LogP contribution in [0.25, 0.3) is 10.9 Å². The zero-order valence-corrected chi connectivity index (χ0v) is 14.9. The molecule has 2 heterocycles. The average molecular weight is 365 g/mol. The van der Waals surface area contributed by atoms with Gasteiger partial charge in [0.05, 0.1) is 10.4 Å². The molecule has 27 heavy (non-hydrogen) atoms. The third-order valence-corrected chi connectivity index (χ3v) is 4.91.